The number of esters is 1. The second-order valence-electron chi connectivity index (χ2n) is 4.75. The van der Waals surface area contributed by atoms with E-state index in [-0.39, 0.29) is 6.61 Å². The number of nitrogens with zero attached hydrogens (tertiary/aromatic N) is 1. The van der Waals surface area contributed by atoms with Crippen LogP contribution < -0.4 is 9.47 Å². The number of fused-ring (bicyclic) bond motifs is 1. The second kappa shape index (κ2) is 6.66. The van der Waals surface area contributed by atoms with Crippen molar-refractivity contribution in [2.45, 2.75) is 6.61 Å². The molecule has 2 aromatic carbocycles. The first-order chi connectivity index (χ1) is 11.2. The molecule has 0 N–H and O–H groups in total. The number of carbonyl (C=O) groups is 1. The van der Waals surface area contributed by atoms with Gasteiger partial charge in [0.05, 0.1) is 30.0 Å². The van der Waals surface area contributed by atoms with Gasteiger partial charge in [0.2, 0.25) is 0 Å². The van der Waals surface area contributed by atoms with Crippen molar-refractivity contribution in [2.75, 3.05) is 14.2 Å². The first kappa shape index (κ1) is 15.3. The number of hydrogen-bond acceptors (Lipinski definition) is 6. The molecule has 23 heavy (non-hydrogen) atoms. The van der Waals surface area contributed by atoms with Gasteiger partial charge >= 0.3 is 5.97 Å². The summed E-state index contributed by atoms with van der Waals surface area (Å²) in [6.45, 7) is 0.137. The molecule has 3 aromatic rings. The van der Waals surface area contributed by atoms with E-state index in [0.717, 1.165) is 15.2 Å². The van der Waals surface area contributed by atoms with Gasteiger partial charge in [0.25, 0.3) is 0 Å². The number of methoxy groups -OCH3 is 2. The van der Waals surface area contributed by atoms with Crippen LogP contribution in [0.2, 0.25) is 0 Å². The van der Waals surface area contributed by atoms with Crippen molar-refractivity contribution in [1.82, 2.24) is 4.98 Å². The largest absolute Gasteiger partial charge is 0.497 e. The van der Waals surface area contributed by atoms with E-state index in [1.54, 1.807) is 18.2 Å². The van der Waals surface area contributed by atoms with Gasteiger partial charge in [-0.3, -0.25) is 0 Å². The molecule has 0 radical (unpaired) electrons. The van der Waals surface area contributed by atoms with Crippen molar-refractivity contribution >= 4 is 27.5 Å². The van der Waals surface area contributed by atoms with E-state index >= 15 is 0 Å². The summed E-state index contributed by atoms with van der Waals surface area (Å²) in [5.41, 5.74) is 1.29. The molecule has 1 aromatic heterocycles. The number of carbonyl (C=O) groups excluding carboxylic acids is 1. The fourth-order valence-corrected chi connectivity index (χ4v) is 3.00. The Balaban J connectivity index is 1.73. The minimum absolute atomic E-state index is 0.137. The number of rotatable bonds is 5. The van der Waals surface area contributed by atoms with Crippen LogP contribution in [0.5, 0.6) is 11.5 Å². The lowest BCUT2D eigenvalue weighted by atomic mass is 10.2. The molecule has 0 aliphatic heterocycles. The van der Waals surface area contributed by atoms with E-state index in [2.05, 4.69) is 4.98 Å². The lowest BCUT2D eigenvalue weighted by Crippen LogP contribution is -2.06. The Bertz CT molecular complexity index is 788. The fraction of sp³-hybridized carbons (Fsp3) is 0.176. The third-order valence-corrected chi connectivity index (χ3v) is 4.26. The Hall–Kier alpha value is -2.60. The number of benzene rings is 2. The van der Waals surface area contributed by atoms with E-state index in [1.807, 2.05) is 24.3 Å². The predicted octanol–water partition coefficient (Wildman–Crippen LogP) is 3.67. The average molecular weight is 329 g/mol. The van der Waals surface area contributed by atoms with Crippen LogP contribution in [0.1, 0.15) is 15.4 Å². The van der Waals surface area contributed by atoms with Crippen molar-refractivity contribution in [1.29, 1.82) is 0 Å². The highest BCUT2D eigenvalue weighted by Crippen LogP contribution is 2.25. The molecule has 1 heterocycles. The summed E-state index contributed by atoms with van der Waals surface area (Å²) in [7, 11) is 3.07. The molecule has 0 aliphatic rings. The maximum absolute atomic E-state index is 12.2. The molecule has 0 amide bonds. The van der Waals surface area contributed by atoms with Gasteiger partial charge in [-0.15, -0.1) is 11.3 Å². The highest BCUT2D eigenvalue weighted by molar-refractivity contribution is 7.18. The molecule has 0 aliphatic carbocycles. The summed E-state index contributed by atoms with van der Waals surface area (Å²) in [6.07, 6.45) is 0. The molecule has 0 saturated heterocycles. The third kappa shape index (κ3) is 3.43. The smallest absolute Gasteiger partial charge is 0.338 e. The molecule has 0 fully saturated rings. The normalized spacial score (nSPS) is 10.5. The van der Waals surface area contributed by atoms with Crippen molar-refractivity contribution in [3.05, 3.63) is 53.0 Å². The first-order valence-electron chi connectivity index (χ1n) is 6.94. The maximum atomic E-state index is 12.2. The van der Waals surface area contributed by atoms with Crippen molar-refractivity contribution < 1.29 is 19.0 Å². The lowest BCUT2D eigenvalue weighted by molar-refractivity contribution is 0.0472. The highest BCUT2D eigenvalue weighted by atomic mass is 32.1. The summed E-state index contributed by atoms with van der Waals surface area (Å²) in [5, 5.41) is 0.759. The number of aromatic nitrogens is 1. The Kier molecular flexibility index (Phi) is 4.43. The molecular formula is C17H15NO4S. The van der Waals surface area contributed by atoms with Crippen molar-refractivity contribution in [2.24, 2.45) is 0 Å². The SMILES string of the molecule is COc1cc(OC)cc(C(=O)OCc2nc3ccccc3s2)c1. The van der Waals surface area contributed by atoms with Crippen LogP contribution in [0, 0.1) is 0 Å². The minimum atomic E-state index is -0.443. The van der Waals surface area contributed by atoms with E-state index in [1.165, 1.54) is 25.6 Å². The maximum Gasteiger partial charge on any atom is 0.338 e. The number of ether oxygens (including phenoxy) is 3. The van der Waals surface area contributed by atoms with Crippen LogP contribution in [-0.4, -0.2) is 25.2 Å². The summed E-state index contributed by atoms with van der Waals surface area (Å²) < 4.78 is 16.7. The van der Waals surface area contributed by atoms with Crippen LogP contribution in [0.4, 0.5) is 0 Å². The van der Waals surface area contributed by atoms with Gasteiger partial charge in [0.1, 0.15) is 23.1 Å². The summed E-state index contributed by atoms with van der Waals surface area (Å²) in [4.78, 5) is 16.7. The van der Waals surface area contributed by atoms with E-state index < -0.39 is 5.97 Å². The summed E-state index contributed by atoms with van der Waals surface area (Å²) in [5.74, 6) is 0.633. The van der Waals surface area contributed by atoms with Crippen LogP contribution >= 0.6 is 11.3 Å². The van der Waals surface area contributed by atoms with E-state index in [0.29, 0.717) is 17.1 Å². The van der Waals surface area contributed by atoms with Crippen LogP contribution in [0.25, 0.3) is 10.2 Å². The van der Waals surface area contributed by atoms with Gasteiger partial charge in [-0.2, -0.15) is 0 Å². The Morgan fingerprint density at radius 2 is 1.78 bits per heavy atom. The van der Waals surface area contributed by atoms with Gasteiger partial charge in [-0.1, -0.05) is 12.1 Å². The zero-order valence-electron chi connectivity index (χ0n) is 12.7. The molecule has 0 saturated carbocycles. The molecule has 6 heteroatoms. The minimum Gasteiger partial charge on any atom is -0.497 e. The third-order valence-electron chi connectivity index (χ3n) is 3.25. The van der Waals surface area contributed by atoms with Gasteiger partial charge < -0.3 is 14.2 Å². The zero-order chi connectivity index (χ0) is 16.2. The molecular weight excluding hydrogens is 314 g/mol. The average Bonchev–Trinajstić information content (AvgIpc) is 3.02. The summed E-state index contributed by atoms with van der Waals surface area (Å²) >= 11 is 1.51. The van der Waals surface area contributed by atoms with E-state index in [9.17, 15) is 4.79 Å². The molecule has 3 rings (SSSR count). The standard InChI is InChI=1S/C17H15NO4S/c1-20-12-7-11(8-13(9-12)21-2)17(19)22-10-16-18-14-5-3-4-6-15(14)23-16/h3-9H,10H2,1-2H3. The van der Waals surface area contributed by atoms with Crippen molar-refractivity contribution in [3.8, 4) is 11.5 Å². The monoisotopic (exact) mass is 329 g/mol. The van der Waals surface area contributed by atoms with Gasteiger partial charge in [0.15, 0.2) is 0 Å². The molecule has 0 atom stereocenters. The number of hydrogen-bond donors (Lipinski definition) is 0. The van der Waals surface area contributed by atoms with Crippen LogP contribution in [0.3, 0.4) is 0 Å². The molecule has 5 nitrogen and oxygen atoms in total. The van der Waals surface area contributed by atoms with Crippen LogP contribution in [-0.2, 0) is 11.3 Å². The number of para-hydroxylation sites is 1. The molecule has 118 valence electrons. The number of thiazole rings is 1. The topological polar surface area (TPSA) is 57.7 Å². The quantitative estimate of drug-likeness (QED) is 0.669. The molecule has 0 unspecified atom stereocenters. The van der Waals surface area contributed by atoms with Crippen LogP contribution in [0.15, 0.2) is 42.5 Å². The van der Waals surface area contributed by atoms with Crippen molar-refractivity contribution in [3.63, 3.8) is 0 Å². The van der Waals surface area contributed by atoms with Gasteiger partial charge in [-0.25, -0.2) is 9.78 Å². The highest BCUT2D eigenvalue weighted by Gasteiger charge is 2.13. The Morgan fingerprint density at radius 1 is 1.09 bits per heavy atom. The zero-order valence-corrected chi connectivity index (χ0v) is 13.6. The Morgan fingerprint density at radius 3 is 2.43 bits per heavy atom. The van der Waals surface area contributed by atoms with Gasteiger partial charge in [-0.05, 0) is 24.3 Å². The Labute approximate surface area is 137 Å². The predicted molar refractivity (Wildman–Crippen MR) is 88.3 cm³/mol. The molecule has 0 bridgehead atoms. The van der Waals surface area contributed by atoms with E-state index in [4.69, 9.17) is 14.2 Å². The lowest BCUT2D eigenvalue weighted by Gasteiger charge is -2.08. The first-order valence-corrected chi connectivity index (χ1v) is 7.76. The van der Waals surface area contributed by atoms with Gasteiger partial charge in [0, 0.05) is 6.07 Å². The molecule has 0 spiro atoms. The summed E-state index contributed by atoms with van der Waals surface area (Å²) in [6, 6.07) is 12.7. The fourth-order valence-electron chi connectivity index (χ4n) is 2.12. The second-order valence-corrected chi connectivity index (χ2v) is 5.87.